The number of halogens is 2. The molecule has 2 N–H and O–H groups in total. The average molecular weight is 295 g/mol. The highest BCUT2D eigenvalue weighted by atomic mass is 35.5. The summed E-state index contributed by atoms with van der Waals surface area (Å²) in [6.45, 7) is 4.22. The van der Waals surface area contributed by atoms with Crippen LogP contribution in [0, 0.1) is 11.7 Å². The summed E-state index contributed by atoms with van der Waals surface area (Å²) in [5.74, 6) is 0.0448. The maximum atomic E-state index is 13.6. The van der Waals surface area contributed by atoms with E-state index in [9.17, 15) is 4.39 Å². The summed E-state index contributed by atoms with van der Waals surface area (Å²) >= 11 is 5.90. The quantitative estimate of drug-likeness (QED) is 0.906. The first-order valence-corrected chi connectivity index (χ1v) is 6.71. The van der Waals surface area contributed by atoms with E-state index in [1.165, 1.54) is 12.1 Å². The van der Waals surface area contributed by atoms with Gasteiger partial charge in [0.2, 0.25) is 5.88 Å². The Balaban J connectivity index is 2.26. The fourth-order valence-corrected chi connectivity index (χ4v) is 2.06. The first-order valence-electron chi connectivity index (χ1n) is 6.33. The van der Waals surface area contributed by atoms with Gasteiger partial charge in [-0.1, -0.05) is 31.5 Å². The Morgan fingerprint density at radius 2 is 2.15 bits per heavy atom. The molecule has 0 atom stereocenters. The van der Waals surface area contributed by atoms with Crippen molar-refractivity contribution in [1.82, 2.24) is 4.98 Å². The average Bonchev–Trinajstić information content (AvgIpc) is 2.35. The molecule has 0 saturated heterocycles. The van der Waals surface area contributed by atoms with E-state index in [4.69, 9.17) is 22.1 Å². The van der Waals surface area contributed by atoms with Gasteiger partial charge in [0.25, 0.3) is 0 Å². The van der Waals surface area contributed by atoms with Crippen LogP contribution in [0.4, 0.5) is 10.1 Å². The van der Waals surface area contributed by atoms with Gasteiger partial charge in [-0.3, -0.25) is 0 Å². The van der Waals surface area contributed by atoms with E-state index in [0.29, 0.717) is 11.6 Å². The van der Waals surface area contributed by atoms with Crippen molar-refractivity contribution in [2.45, 2.75) is 20.3 Å². The molecular formula is C15H16ClFN2O. The summed E-state index contributed by atoms with van der Waals surface area (Å²) in [5, 5.41) is 0.178. The van der Waals surface area contributed by atoms with Crippen LogP contribution in [0.2, 0.25) is 5.02 Å². The van der Waals surface area contributed by atoms with Crippen molar-refractivity contribution in [3.05, 3.63) is 46.9 Å². The van der Waals surface area contributed by atoms with Gasteiger partial charge in [0.1, 0.15) is 0 Å². The first kappa shape index (κ1) is 14.6. The van der Waals surface area contributed by atoms with E-state index in [2.05, 4.69) is 18.8 Å². The molecule has 2 rings (SSSR count). The summed E-state index contributed by atoms with van der Waals surface area (Å²) < 4.78 is 19.0. The molecule has 106 valence electrons. The molecule has 1 aromatic heterocycles. The van der Waals surface area contributed by atoms with Crippen LogP contribution in [-0.4, -0.2) is 4.98 Å². The van der Waals surface area contributed by atoms with Crippen LogP contribution in [0.15, 0.2) is 30.5 Å². The molecule has 0 aliphatic carbocycles. The molecule has 0 fully saturated rings. The molecule has 2 aromatic rings. The van der Waals surface area contributed by atoms with Crippen molar-refractivity contribution in [2.75, 3.05) is 5.73 Å². The number of anilines is 1. The minimum Gasteiger partial charge on any atom is -0.432 e. The van der Waals surface area contributed by atoms with Crippen molar-refractivity contribution >= 4 is 17.3 Å². The topological polar surface area (TPSA) is 48.1 Å². The van der Waals surface area contributed by atoms with Crippen molar-refractivity contribution in [2.24, 2.45) is 5.92 Å². The molecule has 0 bridgehead atoms. The van der Waals surface area contributed by atoms with Gasteiger partial charge >= 0.3 is 0 Å². The smallest absolute Gasteiger partial charge is 0.242 e. The number of pyridine rings is 1. The molecule has 20 heavy (non-hydrogen) atoms. The van der Waals surface area contributed by atoms with E-state index >= 15 is 0 Å². The molecule has 0 saturated carbocycles. The number of hydrogen-bond acceptors (Lipinski definition) is 3. The number of hydrogen-bond donors (Lipinski definition) is 1. The number of aromatic nitrogens is 1. The highest BCUT2D eigenvalue weighted by molar-refractivity contribution is 6.32. The van der Waals surface area contributed by atoms with Crippen LogP contribution < -0.4 is 10.5 Å². The molecule has 0 unspecified atom stereocenters. The molecule has 1 aromatic carbocycles. The molecule has 0 spiro atoms. The standard InChI is InChI=1S/C15H16ClFN2O/c1-9(2)6-10-7-13(18)15(19-8-10)20-14-11(16)4-3-5-12(14)17/h3-5,7-9H,6,18H2,1-2H3. The zero-order valence-electron chi connectivity index (χ0n) is 11.4. The minimum atomic E-state index is -0.551. The second-order valence-corrected chi connectivity index (χ2v) is 5.40. The van der Waals surface area contributed by atoms with Gasteiger partial charge < -0.3 is 10.5 Å². The zero-order chi connectivity index (χ0) is 14.7. The number of nitrogens with zero attached hydrogens (tertiary/aromatic N) is 1. The van der Waals surface area contributed by atoms with Crippen molar-refractivity contribution in [1.29, 1.82) is 0 Å². The van der Waals surface area contributed by atoms with Gasteiger partial charge in [0.05, 0.1) is 10.7 Å². The lowest BCUT2D eigenvalue weighted by Crippen LogP contribution is -2.01. The Labute approximate surface area is 122 Å². The van der Waals surface area contributed by atoms with Crippen molar-refractivity contribution < 1.29 is 9.13 Å². The van der Waals surface area contributed by atoms with E-state index in [1.54, 1.807) is 18.3 Å². The van der Waals surface area contributed by atoms with E-state index in [-0.39, 0.29) is 16.7 Å². The highest BCUT2D eigenvalue weighted by Gasteiger charge is 2.13. The van der Waals surface area contributed by atoms with Crippen LogP contribution >= 0.6 is 11.6 Å². The largest absolute Gasteiger partial charge is 0.432 e. The van der Waals surface area contributed by atoms with Gasteiger partial charge in [-0.2, -0.15) is 0 Å². The molecule has 0 radical (unpaired) electrons. The van der Waals surface area contributed by atoms with Gasteiger partial charge in [0.15, 0.2) is 11.6 Å². The second kappa shape index (κ2) is 6.09. The van der Waals surface area contributed by atoms with Crippen LogP contribution in [-0.2, 0) is 6.42 Å². The van der Waals surface area contributed by atoms with Crippen molar-refractivity contribution in [3.63, 3.8) is 0 Å². The summed E-state index contributed by atoms with van der Waals surface area (Å²) in [6.07, 6.45) is 2.55. The first-order chi connectivity index (χ1) is 9.47. The Morgan fingerprint density at radius 3 is 2.75 bits per heavy atom. The number of ether oxygens (including phenoxy) is 1. The maximum Gasteiger partial charge on any atom is 0.242 e. The van der Waals surface area contributed by atoms with Crippen LogP contribution in [0.3, 0.4) is 0 Å². The van der Waals surface area contributed by atoms with E-state index < -0.39 is 5.82 Å². The summed E-state index contributed by atoms with van der Waals surface area (Å²) in [4.78, 5) is 4.14. The molecule has 3 nitrogen and oxygen atoms in total. The number of benzene rings is 1. The van der Waals surface area contributed by atoms with Crippen LogP contribution in [0.25, 0.3) is 0 Å². The fraction of sp³-hybridized carbons (Fsp3) is 0.267. The zero-order valence-corrected chi connectivity index (χ0v) is 12.1. The predicted molar refractivity (Wildman–Crippen MR) is 78.7 cm³/mol. The molecule has 1 heterocycles. The summed E-state index contributed by atoms with van der Waals surface area (Å²) in [6, 6.07) is 6.11. The lowest BCUT2D eigenvalue weighted by molar-refractivity contribution is 0.429. The van der Waals surface area contributed by atoms with E-state index in [0.717, 1.165) is 12.0 Å². The third kappa shape index (κ3) is 3.39. The lowest BCUT2D eigenvalue weighted by Gasteiger charge is -2.11. The van der Waals surface area contributed by atoms with Gasteiger partial charge in [-0.25, -0.2) is 9.37 Å². The van der Waals surface area contributed by atoms with Crippen LogP contribution in [0.1, 0.15) is 19.4 Å². The van der Waals surface area contributed by atoms with Crippen LogP contribution in [0.5, 0.6) is 11.6 Å². The van der Waals surface area contributed by atoms with Gasteiger partial charge in [-0.15, -0.1) is 0 Å². The Bertz CT molecular complexity index is 597. The molecule has 0 aliphatic rings. The van der Waals surface area contributed by atoms with Crippen molar-refractivity contribution in [3.8, 4) is 11.6 Å². The van der Waals surface area contributed by atoms with Gasteiger partial charge in [0, 0.05) is 6.20 Å². The Kier molecular flexibility index (Phi) is 4.45. The molecule has 0 aliphatic heterocycles. The monoisotopic (exact) mass is 294 g/mol. The lowest BCUT2D eigenvalue weighted by atomic mass is 10.0. The molecule has 5 heteroatoms. The molecular weight excluding hydrogens is 279 g/mol. The fourth-order valence-electron chi connectivity index (χ4n) is 1.86. The minimum absolute atomic E-state index is 0.0648. The SMILES string of the molecule is CC(C)Cc1cnc(Oc2c(F)cccc2Cl)c(N)c1. The Morgan fingerprint density at radius 1 is 1.40 bits per heavy atom. The predicted octanol–water partition coefficient (Wildman–Crippen LogP) is 4.45. The number of rotatable bonds is 4. The summed E-state index contributed by atoms with van der Waals surface area (Å²) in [7, 11) is 0. The summed E-state index contributed by atoms with van der Waals surface area (Å²) in [5.41, 5.74) is 7.27. The third-order valence-corrected chi connectivity index (χ3v) is 2.99. The third-order valence-electron chi connectivity index (χ3n) is 2.70. The van der Waals surface area contributed by atoms with E-state index in [1.807, 2.05) is 0 Å². The number of para-hydroxylation sites is 1. The normalized spacial score (nSPS) is 10.8. The molecule has 0 amide bonds. The highest BCUT2D eigenvalue weighted by Crippen LogP contribution is 2.33. The van der Waals surface area contributed by atoms with Gasteiger partial charge in [-0.05, 0) is 36.1 Å². The Hall–Kier alpha value is -1.81. The maximum absolute atomic E-state index is 13.6. The number of nitrogens with two attached hydrogens (primary N) is 1. The number of nitrogen functional groups attached to an aromatic ring is 1. The second-order valence-electron chi connectivity index (χ2n) is 4.99.